The highest BCUT2D eigenvalue weighted by molar-refractivity contribution is 6.31. The maximum Gasteiger partial charge on any atom is 0.340 e. The SMILES string of the molecule is COC(=O)c1cc(Cl)ccc1NC(=O)COCC(=O)Nc1cccc(-c2cnn(C)c2)c1. The summed E-state index contributed by atoms with van der Waals surface area (Å²) in [5.74, 6) is -1.59. The lowest BCUT2D eigenvalue weighted by Crippen LogP contribution is -2.24. The Morgan fingerprint density at radius 2 is 1.78 bits per heavy atom. The number of rotatable bonds is 8. The van der Waals surface area contributed by atoms with E-state index in [1.165, 1.54) is 25.3 Å². The van der Waals surface area contributed by atoms with Crippen LogP contribution in [0, 0.1) is 0 Å². The predicted octanol–water partition coefficient (Wildman–Crippen LogP) is 3.12. The number of nitrogens with one attached hydrogen (secondary N) is 2. The Hall–Kier alpha value is -3.69. The highest BCUT2D eigenvalue weighted by Crippen LogP contribution is 2.22. The van der Waals surface area contributed by atoms with Gasteiger partial charge in [0.1, 0.15) is 13.2 Å². The molecule has 0 unspecified atom stereocenters. The zero-order chi connectivity index (χ0) is 23.1. The Labute approximate surface area is 189 Å². The van der Waals surface area contributed by atoms with Crippen molar-refractivity contribution in [3.05, 3.63) is 65.4 Å². The van der Waals surface area contributed by atoms with E-state index in [2.05, 4.69) is 20.5 Å². The second kappa shape index (κ2) is 10.6. The molecule has 0 aliphatic carbocycles. The molecule has 3 rings (SSSR count). The summed E-state index contributed by atoms with van der Waals surface area (Å²) in [5.41, 5.74) is 2.75. The molecule has 0 fully saturated rings. The van der Waals surface area contributed by atoms with Gasteiger partial charge in [-0.25, -0.2) is 4.79 Å². The second-order valence-corrected chi connectivity index (χ2v) is 7.19. The van der Waals surface area contributed by atoms with Crippen LogP contribution in [-0.4, -0.2) is 47.9 Å². The number of methoxy groups -OCH3 is 1. The number of aromatic nitrogens is 2. The van der Waals surface area contributed by atoms with Crippen molar-refractivity contribution in [2.24, 2.45) is 7.05 Å². The fourth-order valence-corrected chi connectivity index (χ4v) is 3.04. The van der Waals surface area contributed by atoms with Crippen LogP contribution in [0.4, 0.5) is 11.4 Å². The fraction of sp³-hybridized carbons (Fsp3) is 0.182. The third kappa shape index (κ3) is 6.16. The van der Waals surface area contributed by atoms with Gasteiger partial charge in [0.15, 0.2) is 0 Å². The molecule has 0 radical (unpaired) electrons. The zero-order valence-corrected chi connectivity index (χ0v) is 18.2. The van der Waals surface area contributed by atoms with Crippen molar-refractivity contribution in [3.63, 3.8) is 0 Å². The number of ether oxygens (including phenoxy) is 2. The number of nitrogens with zero attached hydrogens (tertiary/aromatic N) is 2. The molecule has 3 aromatic rings. The maximum absolute atomic E-state index is 12.2. The molecule has 0 atom stereocenters. The summed E-state index contributed by atoms with van der Waals surface area (Å²) in [6.45, 7) is -0.707. The minimum absolute atomic E-state index is 0.111. The topological polar surface area (TPSA) is 112 Å². The summed E-state index contributed by atoms with van der Waals surface area (Å²) in [6.07, 6.45) is 3.60. The molecule has 0 aliphatic heterocycles. The molecule has 1 aromatic heterocycles. The van der Waals surface area contributed by atoms with Crippen LogP contribution in [0.25, 0.3) is 11.1 Å². The maximum atomic E-state index is 12.2. The van der Waals surface area contributed by atoms with Crippen molar-refractivity contribution in [1.82, 2.24) is 9.78 Å². The molecule has 0 saturated carbocycles. The lowest BCUT2D eigenvalue weighted by Gasteiger charge is -2.11. The molecule has 2 aromatic carbocycles. The van der Waals surface area contributed by atoms with Gasteiger partial charge in [0.05, 0.1) is 24.6 Å². The average molecular weight is 457 g/mol. The number of hydrogen-bond donors (Lipinski definition) is 2. The molecule has 0 bridgehead atoms. The van der Waals surface area contributed by atoms with E-state index in [0.29, 0.717) is 10.7 Å². The quantitative estimate of drug-likeness (QED) is 0.504. The number of amides is 2. The summed E-state index contributed by atoms with van der Waals surface area (Å²) in [7, 11) is 3.05. The largest absolute Gasteiger partial charge is 0.465 e. The number of hydrogen-bond acceptors (Lipinski definition) is 6. The first-order valence-corrected chi connectivity index (χ1v) is 9.88. The first kappa shape index (κ1) is 23.0. The lowest BCUT2D eigenvalue weighted by atomic mass is 10.1. The molecule has 2 N–H and O–H groups in total. The number of anilines is 2. The molecule has 9 nitrogen and oxygen atoms in total. The average Bonchev–Trinajstić information content (AvgIpc) is 3.21. The van der Waals surface area contributed by atoms with Crippen molar-refractivity contribution in [3.8, 4) is 11.1 Å². The predicted molar refractivity (Wildman–Crippen MR) is 120 cm³/mol. The first-order chi connectivity index (χ1) is 15.4. The number of aryl methyl sites for hydroxylation is 1. The van der Waals surface area contributed by atoms with Gasteiger partial charge in [-0.15, -0.1) is 0 Å². The molecule has 0 saturated heterocycles. The van der Waals surface area contributed by atoms with Gasteiger partial charge in [-0.3, -0.25) is 14.3 Å². The Kier molecular flexibility index (Phi) is 7.58. The summed E-state index contributed by atoms with van der Waals surface area (Å²) in [6, 6.07) is 11.7. The smallest absolute Gasteiger partial charge is 0.340 e. The van der Waals surface area contributed by atoms with Crippen molar-refractivity contribution in [1.29, 1.82) is 0 Å². The standard InChI is InChI=1S/C22H21ClN4O5/c1-27-11-15(10-24-27)14-4-3-5-17(8-14)25-20(28)12-32-13-21(29)26-19-7-6-16(23)9-18(19)22(30)31-2/h3-11H,12-13H2,1-2H3,(H,25,28)(H,26,29). The highest BCUT2D eigenvalue weighted by Gasteiger charge is 2.15. The van der Waals surface area contributed by atoms with E-state index < -0.39 is 17.8 Å². The van der Waals surface area contributed by atoms with Crippen molar-refractivity contribution in [2.45, 2.75) is 0 Å². The van der Waals surface area contributed by atoms with E-state index in [0.717, 1.165) is 11.1 Å². The lowest BCUT2D eigenvalue weighted by molar-refractivity contribution is -0.125. The highest BCUT2D eigenvalue weighted by atomic mass is 35.5. The van der Waals surface area contributed by atoms with Gasteiger partial charge in [-0.1, -0.05) is 23.7 Å². The van der Waals surface area contributed by atoms with E-state index in [1.54, 1.807) is 16.9 Å². The van der Waals surface area contributed by atoms with E-state index in [9.17, 15) is 14.4 Å². The van der Waals surface area contributed by atoms with Crippen LogP contribution in [0.15, 0.2) is 54.9 Å². The van der Waals surface area contributed by atoms with Crippen LogP contribution in [0.5, 0.6) is 0 Å². The zero-order valence-electron chi connectivity index (χ0n) is 17.4. The summed E-state index contributed by atoms with van der Waals surface area (Å²) < 4.78 is 11.6. The second-order valence-electron chi connectivity index (χ2n) is 6.75. The summed E-state index contributed by atoms with van der Waals surface area (Å²) in [4.78, 5) is 36.1. The van der Waals surface area contributed by atoms with Crippen molar-refractivity contribution in [2.75, 3.05) is 31.0 Å². The number of esters is 1. The molecule has 0 aliphatic rings. The van der Waals surface area contributed by atoms with Gasteiger partial charge in [0, 0.05) is 29.5 Å². The molecule has 2 amide bonds. The number of halogens is 1. The van der Waals surface area contributed by atoms with Crippen molar-refractivity contribution < 1.29 is 23.9 Å². The van der Waals surface area contributed by atoms with Crippen LogP contribution in [-0.2, 0) is 26.1 Å². The minimum atomic E-state index is -0.642. The number of benzene rings is 2. The number of carbonyl (C=O) groups is 3. The van der Waals surface area contributed by atoms with Crippen LogP contribution in [0.1, 0.15) is 10.4 Å². The Morgan fingerprint density at radius 1 is 1.03 bits per heavy atom. The molecule has 10 heteroatoms. The normalized spacial score (nSPS) is 10.5. The van der Waals surface area contributed by atoms with E-state index in [1.807, 2.05) is 31.4 Å². The third-order valence-electron chi connectivity index (χ3n) is 4.31. The minimum Gasteiger partial charge on any atom is -0.465 e. The Bertz CT molecular complexity index is 1140. The van der Waals surface area contributed by atoms with Gasteiger partial charge < -0.3 is 20.1 Å². The molecule has 0 spiro atoms. The van der Waals surface area contributed by atoms with Gasteiger partial charge in [0.25, 0.3) is 0 Å². The van der Waals surface area contributed by atoms with Gasteiger partial charge in [0.2, 0.25) is 11.8 Å². The van der Waals surface area contributed by atoms with Crippen molar-refractivity contribution >= 4 is 40.8 Å². The first-order valence-electron chi connectivity index (χ1n) is 9.50. The molecule has 166 valence electrons. The molecular formula is C22H21ClN4O5. The Balaban J connectivity index is 1.50. The van der Waals surface area contributed by atoms with Crippen LogP contribution in [0.2, 0.25) is 5.02 Å². The molecule has 32 heavy (non-hydrogen) atoms. The van der Waals surface area contributed by atoms with Crippen LogP contribution >= 0.6 is 11.6 Å². The molecular weight excluding hydrogens is 436 g/mol. The molecule has 1 heterocycles. The third-order valence-corrected chi connectivity index (χ3v) is 4.55. The monoisotopic (exact) mass is 456 g/mol. The summed E-state index contributed by atoms with van der Waals surface area (Å²) in [5, 5.41) is 9.72. The van der Waals surface area contributed by atoms with E-state index >= 15 is 0 Å². The van der Waals surface area contributed by atoms with E-state index in [-0.39, 0.29) is 24.5 Å². The van der Waals surface area contributed by atoms with Gasteiger partial charge in [-0.05, 0) is 35.9 Å². The van der Waals surface area contributed by atoms with Crippen LogP contribution < -0.4 is 10.6 Å². The van der Waals surface area contributed by atoms with E-state index in [4.69, 9.17) is 16.3 Å². The number of carbonyl (C=O) groups excluding carboxylic acids is 3. The van der Waals surface area contributed by atoms with Gasteiger partial charge >= 0.3 is 5.97 Å². The fourth-order valence-electron chi connectivity index (χ4n) is 2.87. The van der Waals surface area contributed by atoms with Crippen LogP contribution in [0.3, 0.4) is 0 Å². The van der Waals surface area contributed by atoms with Gasteiger partial charge in [-0.2, -0.15) is 5.10 Å². The Morgan fingerprint density at radius 3 is 2.47 bits per heavy atom. The summed E-state index contributed by atoms with van der Waals surface area (Å²) >= 11 is 5.89.